The third-order valence-corrected chi connectivity index (χ3v) is 4.54. The van der Waals surface area contributed by atoms with Crippen LogP contribution in [0.25, 0.3) is 0 Å². The van der Waals surface area contributed by atoms with Crippen molar-refractivity contribution in [2.75, 3.05) is 5.75 Å². The van der Waals surface area contributed by atoms with Crippen LogP contribution < -0.4 is 0 Å². The van der Waals surface area contributed by atoms with Crippen LogP contribution in [0.4, 0.5) is 0 Å². The van der Waals surface area contributed by atoms with E-state index in [9.17, 15) is 13.2 Å². The highest BCUT2D eigenvalue weighted by Crippen LogP contribution is 2.32. The second kappa shape index (κ2) is 4.01. The first-order chi connectivity index (χ1) is 7.54. The molecule has 1 aliphatic rings. The number of Topliss-reactive ketones (excluding diaryl/α,β-unsaturated/α-hetero) is 1. The van der Waals surface area contributed by atoms with E-state index in [1.165, 1.54) is 6.07 Å². The summed E-state index contributed by atoms with van der Waals surface area (Å²) in [6.45, 7) is 1.60. The van der Waals surface area contributed by atoms with Gasteiger partial charge in [0.05, 0.1) is 10.6 Å². The van der Waals surface area contributed by atoms with Crippen LogP contribution in [0.2, 0.25) is 0 Å². The van der Waals surface area contributed by atoms with Crippen LogP contribution in [0.3, 0.4) is 0 Å². The fourth-order valence-electron chi connectivity index (χ4n) is 1.59. The molecule has 0 heterocycles. The summed E-state index contributed by atoms with van der Waals surface area (Å²) in [5, 5.41) is 0. The number of sulfone groups is 1. The van der Waals surface area contributed by atoms with Crippen molar-refractivity contribution in [1.82, 2.24) is 0 Å². The van der Waals surface area contributed by atoms with Crippen molar-refractivity contribution in [3.8, 4) is 0 Å². The zero-order valence-electron chi connectivity index (χ0n) is 9.14. The highest BCUT2D eigenvalue weighted by atomic mass is 32.2. The number of carbonyl (C=O) groups is 1. The summed E-state index contributed by atoms with van der Waals surface area (Å²) in [4.78, 5) is 12.0. The van der Waals surface area contributed by atoms with Gasteiger partial charge in [-0.05, 0) is 25.0 Å². The van der Waals surface area contributed by atoms with E-state index < -0.39 is 9.84 Å². The Bertz CT molecular complexity index is 513. The Morgan fingerprint density at radius 1 is 1.38 bits per heavy atom. The van der Waals surface area contributed by atoms with Crippen LogP contribution >= 0.6 is 0 Å². The van der Waals surface area contributed by atoms with Crippen molar-refractivity contribution < 1.29 is 13.2 Å². The highest BCUT2D eigenvalue weighted by molar-refractivity contribution is 7.91. The van der Waals surface area contributed by atoms with E-state index in [0.717, 1.165) is 12.8 Å². The van der Waals surface area contributed by atoms with Gasteiger partial charge in [-0.25, -0.2) is 8.42 Å². The lowest BCUT2D eigenvalue weighted by atomic mass is 10.1. The van der Waals surface area contributed by atoms with Crippen molar-refractivity contribution >= 4 is 15.6 Å². The SMILES string of the molecule is CCS(=O)(=O)c1cccc(C(=O)C2CC2)c1. The minimum absolute atomic E-state index is 0.0636. The largest absolute Gasteiger partial charge is 0.294 e. The predicted molar refractivity (Wildman–Crippen MR) is 61.2 cm³/mol. The van der Waals surface area contributed by atoms with Gasteiger partial charge in [-0.2, -0.15) is 0 Å². The molecule has 0 N–H and O–H groups in total. The molecule has 0 aliphatic heterocycles. The Morgan fingerprint density at radius 3 is 2.62 bits per heavy atom. The molecule has 1 fully saturated rings. The summed E-state index contributed by atoms with van der Waals surface area (Å²) < 4.78 is 23.3. The first-order valence-corrected chi connectivity index (χ1v) is 7.07. The Kier molecular flexibility index (Phi) is 2.84. The van der Waals surface area contributed by atoms with Gasteiger partial charge in [0.25, 0.3) is 0 Å². The molecule has 1 aromatic carbocycles. The summed E-state index contributed by atoms with van der Waals surface area (Å²) >= 11 is 0. The van der Waals surface area contributed by atoms with Crippen molar-refractivity contribution in [3.05, 3.63) is 29.8 Å². The molecular formula is C12H14O3S. The molecule has 0 spiro atoms. The number of hydrogen-bond donors (Lipinski definition) is 0. The first-order valence-electron chi connectivity index (χ1n) is 5.41. The molecule has 3 nitrogen and oxygen atoms in total. The van der Waals surface area contributed by atoms with E-state index in [-0.39, 0.29) is 22.3 Å². The van der Waals surface area contributed by atoms with Crippen LogP contribution in [0.5, 0.6) is 0 Å². The van der Waals surface area contributed by atoms with Gasteiger partial charge in [0.1, 0.15) is 0 Å². The van der Waals surface area contributed by atoms with E-state index in [0.29, 0.717) is 5.56 Å². The molecule has 0 atom stereocenters. The molecule has 4 heteroatoms. The second-order valence-electron chi connectivity index (χ2n) is 4.07. The summed E-state index contributed by atoms with van der Waals surface area (Å²) in [7, 11) is -3.21. The number of hydrogen-bond acceptors (Lipinski definition) is 3. The molecule has 0 aromatic heterocycles. The van der Waals surface area contributed by atoms with Gasteiger partial charge in [-0.15, -0.1) is 0 Å². The number of ketones is 1. The van der Waals surface area contributed by atoms with Crippen molar-refractivity contribution in [1.29, 1.82) is 0 Å². The van der Waals surface area contributed by atoms with Gasteiger partial charge in [0, 0.05) is 11.5 Å². The van der Waals surface area contributed by atoms with E-state index in [1.807, 2.05) is 0 Å². The Morgan fingerprint density at radius 2 is 2.06 bits per heavy atom. The first kappa shape index (κ1) is 11.3. The fourth-order valence-corrected chi connectivity index (χ4v) is 2.52. The predicted octanol–water partition coefficient (Wildman–Crippen LogP) is 2.07. The normalized spacial score (nSPS) is 16.1. The lowest BCUT2D eigenvalue weighted by molar-refractivity contribution is 0.0967. The number of benzene rings is 1. The highest BCUT2D eigenvalue weighted by Gasteiger charge is 2.30. The maximum atomic E-state index is 11.8. The summed E-state index contributed by atoms with van der Waals surface area (Å²) in [6, 6.07) is 6.37. The van der Waals surface area contributed by atoms with Crippen LogP contribution in [-0.2, 0) is 9.84 Å². The molecule has 1 saturated carbocycles. The Hall–Kier alpha value is -1.16. The summed E-state index contributed by atoms with van der Waals surface area (Å²) in [5.41, 5.74) is 0.525. The fraction of sp³-hybridized carbons (Fsp3) is 0.417. The van der Waals surface area contributed by atoms with Crippen LogP contribution in [-0.4, -0.2) is 20.0 Å². The summed E-state index contributed by atoms with van der Waals surface area (Å²) in [5.74, 6) is 0.265. The standard InChI is InChI=1S/C12H14O3S/c1-2-16(14,15)11-5-3-4-10(8-11)12(13)9-6-7-9/h3-5,8-9H,2,6-7H2,1H3. The van der Waals surface area contributed by atoms with Crippen molar-refractivity contribution in [3.63, 3.8) is 0 Å². The van der Waals surface area contributed by atoms with E-state index in [1.54, 1.807) is 25.1 Å². The minimum Gasteiger partial charge on any atom is -0.294 e. The van der Waals surface area contributed by atoms with Gasteiger partial charge in [0.2, 0.25) is 0 Å². The van der Waals surface area contributed by atoms with E-state index >= 15 is 0 Å². The molecule has 16 heavy (non-hydrogen) atoms. The number of rotatable bonds is 4. The lowest BCUT2D eigenvalue weighted by Gasteiger charge is -2.03. The van der Waals surface area contributed by atoms with Gasteiger partial charge in [0.15, 0.2) is 15.6 Å². The maximum absolute atomic E-state index is 11.8. The van der Waals surface area contributed by atoms with Gasteiger partial charge in [-0.1, -0.05) is 19.1 Å². The molecule has 86 valence electrons. The molecule has 1 aromatic rings. The smallest absolute Gasteiger partial charge is 0.178 e. The minimum atomic E-state index is -3.21. The van der Waals surface area contributed by atoms with E-state index in [4.69, 9.17) is 0 Å². The topological polar surface area (TPSA) is 51.2 Å². The third kappa shape index (κ3) is 2.16. The molecular weight excluding hydrogens is 224 g/mol. The molecule has 0 bridgehead atoms. The zero-order chi connectivity index (χ0) is 11.8. The molecule has 2 rings (SSSR count). The molecule has 0 unspecified atom stereocenters. The van der Waals surface area contributed by atoms with Gasteiger partial charge in [-0.3, -0.25) is 4.79 Å². The molecule has 0 saturated heterocycles. The summed E-state index contributed by atoms with van der Waals surface area (Å²) in [6.07, 6.45) is 1.87. The quantitative estimate of drug-likeness (QED) is 0.754. The van der Waals surface area contributed by atoms with Gasteiger partial charge >= 0.3 is 0 Å². The third-order valence-electron chi connectivity index (χ3n) is 2.81. The molecule has 0 amide bonds. The molecule has 0 radical (unpaired) electrons. The zero-order valence-corrected chi connectivity index (χ0v) is 9.96. The average Bonchev–Trinajstić information content (AvgIpc) is 3.12. The van der Waals surface area contributed by atoms with E-state index in [2.05, 4.69) is 0 Å². The Labute approximate surface area is 95.4 Å². The molecule has 1 aliphatic carbocycles. The second-order valence-corrected chi connectivity index (χ2v) is 6.35. The Balaban J connectivity index is 2.36. The van der Waals surface area contributed by atoms with Crippen LogP contribution in [0, 0.1) is 5.92 Å². The van der Waals surface area contributed by atoms with Crippen molar-refractivity contribution in [2.45, 2.75) is 24.7 Å². The monoisotopic (exact) mass is 238 g/mol. The lowest BCUT2D eigenvalue weighted by Crippen LogP contribution is -2.07. The van der Waals surface area contributed by atoms with Crippen LogP contribution in [0.15, 0.2) is 29.2 Å². The average molecular weight is 238 g/mol. The maximum Gasteiger partial charge on any atom is 0.178 e. The van der Waals surface area contributed by atoms with Crippen molar-refractivity contribution in [2.24, 2.45) is 5.92 Å². The number of carbonyl (C=O) groups excluding carboxylic acids is 1. The van der Waals surface area contributed by atoms with Crippen LogP contribution in [0.1, 0.15) is 30.1 Å². The van der Waals surface area contributed by atoms with Gasteiger partial charge < -0.3 is 0 Å².